The Morgan fingerprint density at radius 3 is 2.21 bits per heavy atom. The van der Waals surface area contributed by atoms with Gasteiger partial charge in [0.1, 0.15) is 0 Å². The normalized spacial score (nSPS) is 27.5. The van der Waals surface area contributed by atoms with Crippen molar-refractivity contribution < 1.29 is 13.2 Å². The van der Waals surface area contributed by atoms with Gasteiger partial charge in [-0.1, -0.05) is 19.3 Å². The van der Waals surface area contributed by atoms with Gasteiger partial charge in [-0.15, -0.1) is 0 Å². The monoisotopic (exact) mass is 359 g/mol. The fourth-order valence-corrected chi connectivity index (χ4v) is 5.96. The van der Waals surface area contributed by atoms with E-state index in [4.69, 9.17) is 4.74 Å². The maximum Gasteiger partial charge on any atom is 0.279 e. The molecular weight excluding hydrogens is 326 g/mol. The van der Waals surface area contributed by atoms with Crippen molar-refractivity contribution >= 4 is 10.2 Å². The number of hydrogen-bond acceptors (Lipinski definition) is 4. The molecule has 3 fully saturated rings. The molecule has 140 valence electrons. The molecule has 24 heavy (non-hydrogen) atoms. The van der Waals surface area contributed by atoms with E-state index in [0.29, 0.717) is 19.6 Å². The Hall–Kier alpha value is -0.210. The van der Waals surface area contributed by atoms with Gasteiger partial charge in [-0.05, 0) is 51.6 Å². The van der Waals surface area contributed by atoms with E-state index in [1.165, 1.54) is 32.1 Å². The zero-order chi connectivity index (χ0) is 17.0. The number of ether oxygens (including phenoxy) is 1. The van der Waals surface area contributed by atoms with E-state index in [0.717, 1.165) is 38.8 Å². The molecular formula is C17H33N3O3S. The minimum Gasteiger partial charge on any atom is -0.381 e. The maximum atomic E-state index is 12.7. The predicted molar refractivity (Wildman–Crippen MR) is 95.1 cm³/mol. The number of methoxy groups -OCH3 is 1. The topological polar surface area (TPSA) is 61.9 Å². The summed E-state index contributed by atoms with van der Waals surface area (Å²) < 4.78 is 35.3. The molecule has 0 amide bonds. The van der Waals surface area contributed by atoms with Gasteiger partial charge in [-0.2, -0.15) is 12.7 Å². The Labute approximate surface area is 147 Å². The first-order chi connectivity index (χ1) is 11.6. The summed E-state index contributed by atoms with van der Waals surface area (Å²) in [4.78, 5) is 2.57. The van der Waals surface area contributed by atoms with Crippen LogP contribution in [0.3, 0.4) is 0 Å². The van der Waals surface area contributed by atoms with Crippen molar-refractivity contribution in [3.63, 3.8) is 0 Å². The Balaban J connectivity index is 1.59. The van der Waals surface area contributed by atoms with Crippen LogP contribution in [0.1, 0.15) is 57.8 Å². The summed E-state index contributed by atoms with van der Waals surface area (Å²) in [6.45, 7) is 3.94. The van der Waals surface area contributed by atoms with Gasteiger partial charge in [0.15, 0.2) is 0 Å². The minimum atomic E-state index is -3.38. The number of nitrogens with one attached hydrogen (secondary N) is 1. The largest absolute Gasteiger partial charge is 0.381 e. The van der Waals surface area contributed by atoms with E-state index in [-0.39, 0.29) is 11.6 Å². The summed E-state index contributed by atoms with van der Waals surface area (Å²) in [5.41, 5.74) is 0.0539. The van der Waals surface area contributed by atoms with Crippen LogP contribution in [-0.4, -0.2) is 69.1 Å². The highest BCUT2D eigenvalue weighted by molar-refractivity contribution is 7.87. The first kappa shape index (κ1) is 18.6. The molecule has 1 saturated carbocycles. The zero-order valence-electron chi connectivity index (χ0n) is 15.0. The third kappa shape index (κ3) is 4.12. The highest BCUT2D eigenvalue weighted by Crippen LogP contribution is 2.36. The molecule has 0 spiro atoms. The lowest BCUT2D eigenvalue weighted by molar-refractivity contribution is 0.0590. The van der Waals surface area contributed by atoms with Crippen LogP contribution in [0, 0.1) is 0 Å². The molecule has 1 aliphatic carbocycles. The second-order valence-corrected chi connectivity index (χ2v) is 9.39. The van der Waals surface area contributed by atoms with Crippen LogP contribution >= 0.6 is 0 Å². The molecule has 7 heteroatoms. The quantitative estimate of drug-likeness (QED) is 0.785. The lowest BCUT2D eigenvalue weighted by Crippen LogP contribution is -2.57. The van der Waals surface area contributed by atoms with Crippen molar-refractivity contribution in [1.29, 1.82) is 0 Å². The SMILES string of the molecule is COC1CCN(S(=O)(=O)NCC2(N3CCCCC3)CCCC2)CC1. The number of piperidine rings is 2. The highest BCUT2D eigenvalue weighted by atomic mass is 32.2. The predicted octanol–water partition coefficient (Wildman–Crippen LogP) is 1.73. The van der Waals surface area contributed by atoms with E-state index in [1.54, 1.807) is 11.4 Å². The molecule has 0 aromatic carbocycles. The number of nitrogens with zero attached hydrogens (tertiary/aromatic N) is 2. The molecule has 2 aliphatic heterocycles. The van der Waals surface area contributed by atoms with Crippen LogP contribution in [0.5, 0.6) is 0 Å². The first-order valence-electron chi connectivity index (χ1n) is 9.58. The molecule has 0 atom stereocenters. The van der Waals surface area contributed by atoms with Gasteiger partial charge >= 0.3 is 0 Å². The highest BCUT2D eigenvalue weighted by Gasteiger charge is 2.41. The maximum absolute atomic E-state index is 12.7. The van der Waals surface area contributed by atoms with Crippen LogP contribution in [0.15, 0.2) is 0 Å². The first-order valence-corrected chi connectivity index (χ1v) is 11.0. The molecule has 2 saturated heterocycles. The molecule has 3 rings (SSSR count). The standard InChI is InChI=1S/C17H33N3O3S/c1-23-16-7-13-20(14-8-16)24(21,22)18-15-17(9-3-4-10-17)19-11-5-2-6-12-19/h16,18H,2-15H2,1H3. The van der Waals surface area contributed by atoms with Gasteiger partial charge in [-0.3, -0.25) is 4.90 Å². The smallest absolute Gasteiger partial charge is 0.279 e. The van der Waals surface area contributed by atoms with E-state index < -0.39 is 10.2 Å². The number of likely N-dealkylation sites (tertiary alicyclic amines) is 1. The average molecular weight is 360 g/mol. The summed E-state index contributed by atoms with van der Waals surface area (Å²) >= 11 is 0. The second-order valence-electron chi connectivity index (χ2n) is 7.64. The fraction of sp³-hybridized carbons (Fsp3) is 1.00. The van der Waals surface area contributed by atoms with Crippen molar-refractivity contribution in [2.45, 2.75) is 69.4 Å². The molecule has 2 heterocycles. The zero-order valence-corrected chi connectivity index (χ0v) is 15.8. The molecule has 6 nitrogen and oxygen atoms in total. The molecule has 0 aromatic heterocycles. The number of hydrogen-bond donors (Lipinski definition) is 1. The summed E-state index contributed by atoms with van der Waals surface area (Å²) in [7, 11) is -1.67. The lowest BCUT2D eigenvalue weighted by atomic mass is 9.92. The summed E-state index contributed by atoms with van der Waals surface area (Å²) in [6.07, 6.45) is 10.3. The number of rotatable bonds is 6. The van der Waals surface area contributed by atoms with Gasteiger partial charge in [0.05, 0.1) is 6.10 Å². The molecule has 0 radical (unpaired) electrons. The van der Waals surface area contributed by atoms with Gasteiger partial charge < -0.3 is 4.74 Å². The van der Waals surface area contributed by atoms with Crippen molar-refractivity contribution in [3.8, 4) is 0 Å². The third-order valence-electron chi connectivity index (χ3n) is 6.22. The Morgan fingerprint density at radius 2 is 1.62 bits per heavy atom. The summed E-state index contributed by atoms with van der Waals surface area (Å²) in [5, 5.41) is 0. The molecule has 1 N–H and O–H groups in total. The van der Waals surface area contributed by atoms with Crippen molar-refractivity contribution in [1.82, 2.24) is 13.9 Å². The van der Waals surface area contributed by atoms with Crippen LogP contribution in [0.2, 0.25) is 0 Å². The summed E-state index contributed by atoms with van der Waals surface area (Å²) in [6, 6.07) is 0. The van der Waals surface area contributed by atoms with Crippen molar-refractivity contribution in [2.75, 3.05) is 39.8 Å². The van der Waals surface area contributed by atoms with Gasteiger partial charge in [-0.25, -0.2) is 4.72 Å². The van der Waals surface area contributed by atoms with Gasteiger partial charge in [0.25, 0.3) is 10.2 Å². The summed E-state index contributed by atoms with van der Waals surface area (Å²) in [5.74, 6) is 0. The van der Waals surface area contributed by atoms with Crippen molar-refractivity contribution in [3.05, 3.63) is 0 Å². The fourth-order valence-electron chi connectivity index (χ4n) is 4.63. The van der Waals surface area contributed by atoms with Gasteiger partial charge in [0, 0.05) is 32.3 Å². The molecule has 0 unspecified atom stereocenters. The molecule has 0 aromatic rings. The third-order valence-corrected chi connectivity index (χ3v) is 7.77. The van der Waals surface area contributed by atoms with E-state index in [9.17, 15) is 8.42 Å². The molecule has 0 bridgehead atoms. The minimum absolute atomic E-state index is 0.0539. The van der Waals surface area contributed by atoms with Gasteiger partial charge in [0.2, 0.25) is 0 Å². The Bertz CT molecular complexity index is 491. The van der Waals surface area contributed by atoms with E-state index in [1.807, 2.05) is 0 Å². The second kappa shape index (κ2) is 7.99. The van der Waals surface area contributed by atoms with Crippen molar-refractivity contribution in [2.24, 2.45) is 0 Å². The van der Waals surface area contributed by atoms with Crippen LogP contribution in [0.4, 0.5) is 0 Å². The van der Waals surface area contributed by atoms with Crippen LogP contribution < -0.4 is 4.72 Å². The van der Waals surface area contributed by atoms with Crippen LogP contribution in [0.25, 0.3) is 0 Å². The Kier molecular flexibility index (Phi) is 6.19. The average Bonchev–Trinajstić information content (AvgIpc) is 3.11. The lowest BCUT2D eigenvalue weighted by Gasteiger charge is -2.44. The van der Waals surface area contributed by atoms with E-state index in [2.05, 4.69) is 9.62 Å². The van der Waals surface area contributed by atoms with E-state index >= 15 is 0 Å². The molecule has 3 aliphatic rings. The Morgan fingerprint density at radius 1 is 1.00 bits per heavy atom. The van der Waals surface area contributed by atoms with Crippen LogP contribution in [-0.2, 0) is 14.9 Å².